The van der Waals surface area contributed by atoms with Crippen molar-refractivity contribution >= 4 is 11.8 Å². The number of carbonyl (C=O) groups excluding carboxylic acids is 2. The lowest BCUT2D eigenvalue weighted by Crippen LogP contribution is -2.43. The third kappa shape index (κ3) is 3.60. The molecule has 7 heteroatoms. The van der Waals surface area contributed by atoms with Gasteiger partial charge in [-0.2, -0.15) is 4.98 Å². The molecule has 0 spiro atoms. The van der Waals surface area contributed by atoms with Crippen molar-refractivity contribution in [2.24, 2.45) is 11.8 Å². The molecule has 0 bridgehead atoms. The second-order valence-corrected chi connectivity index (χ2v) is 7.40. The summed E-state index contributed by atoms with van der Waals surface area (Å²) in [5.74, 6) is 1.75. The van der Waals surface area contributed by atoms with Crippen LogP contribution in [0, 0.1) is 18.8 Å². The van der Waals surface area contributed by atoms with Crippen molar-refractivity contribution in [1.29, 1.82) is 0 Å². The number of aryl methyl sites for hydroxylation is 1. The second-order valence-electron chi connectivity index (χ2n) is 7.40. The van der Waals surface area contributed by atoms with Gasteiger partial charge < -0.3 is 14.3 Å². The highest BCUT2D eigenvalue weighted by Gasteiger charge is 2.38. The van der Waals surface area contributed by atoms with Crippen molar-refractivity contribution in [2.75, 3.05) is 26.2 Å². The molecule has 132 valence electrons. The molecular weight excluding hydrogens is 308 g/mol. The Bertz CT molecular complexity index is 613. The molecule has 0 unspecified atom stereocenters. The minimum absolute atomic E-state index is 0.0931. The number of hydrogen-bond donors (Lipinski definition) is 0. The summed E-state index contributed by atoms with van der Waals surface area (Å²) in [5.41, 5.74) is 0. The quantitative estimate of drug-likeness (QED) is 0.835. The largest absolute Gasteiger partial charge is 0.342 e. The van der Waals surface area contributed by atoms with Gasteiger partial charge in [0.05, 0.1) is 11.8 Å². The molecule has 2 aliphatic rings. The van der Waals surface area contributed by atoms with E-state index in [1.165, 1.54) is 0 Å². The van der Waals surface area contributed by atoms with Gasteiger partial charge in [-0.25, -0.2) is 0 Å². The number of nitrogens with zero attached hydrogens (tertiary/aromatic N) is 4. The fourth-order valence-corrected chi connectivity index (χ4v) is 3.67. The highest BCUT2D eigenvalue weighted by atomic mass is 16.5. The zero-order valence-corrected chi connectivity index (χ0v) is 14.7. The van der Waals surface area contributed by atoms with Crippen molar-refractivity contribution in [1.82, 2.24) is 19.9 Å². The Labute approximate surface area is 142 Å². The van der Waals surface area contributed by atoms with Crippen LogP contribution < -0.4 is 0 Å². The lowest BCUT2D eigenvalue weighted by atomic mass is 9.96. The molecule has 0 saturated carbocycles. The van der Waals surface area contributed by atoms with Crippen LogP contribution in [0.2, 0.25) is 0 Å². The van der Waals surface area contributed by atoms with Crippen LogP contribution in [-0.4, -0.2) is 57.9 Å². The van der Waals surface area contributed by atoms with E-state index in [0.717, 1.165) is 25.9 Å². The summed E-state index contributed by atoms with van der Waals surface area (Å²) in [7, 11) is 0. The van der Waals surface area contributed by atoms with E-state index in [0.29, 0.717) is 37.1 Å². The predicted molar refractivity (Wildman–Crippen MR) is 87.1 cm³/mol. The third-order valence-corrected chi connectivity index (χ3v) is 4.77. The van der Waals surface area contributed by atoms with E-state index in [1.54, 1.807) is 6.92 Å². The third-order valence-electron chi connectivity index (χ3n) is 4.77. The molecule has 2 amide bonds. The van der Waals surface area contributed by atoms with Gasteiger partial charge in [-0.05, 0) is 25.7 Å². The van der Waals surface area contributed by atoms with Crippen molar-refractivity contribution in [3.8, 4) is 0 Å². The van der Waals surface area contributed by atoms with E-state index in [-0.39, 0.29) is 23.7 Å². The first-order valence-corrected chi connectivity index (χ1v) is 8.80. The summed E-state index contributed by atoms with van der Waals surface area (Å²) in [6, 6.07) is 0. The number of piperidine rings is 1. The molecule has 0 radical (unpaired) electrons. The standard InChI is InChI=1S/C17H26N4O3/c1-11(2)8-21-10-14(7-15(21)22)17(23)20-6-4-5-13(9-20)16-18-12(3)19-24-16/h11,13-14H,4-10H2,1-3H3/t13-,14+/m1/s1. The Morgan fingerprint density at radius 1 is 1.38 bits per heavy atom. The van der Waals surface area contributed by atoms with Gasteiger partial charge in [0, 0.05) is 32.6 Å². The van der Waals surface area contributed by atoms with Crippen LogP contribution in [0.5, 0.6) is 0 Å². The monoisotopic (exact) mass is 334 g/mol. The van der Waals surface area contributed by atoms with Crippen molar-refractivity contribution in [2.45, 2.75) is 46.0 Å². The molecule has 24 heavy (non-hydrogen) atoms. The molecule has 3 rings (SSSR count). The molecular formula is C17H26N4O3. The number of aromatic nitrogens is 2. The van der Waals surface area contributed by atoms with Gasteiger partial charge in [0.1, 0.15) is 0 Å². The normalized spacial score (nSPS) is 24.9. The highest BCUT2D eigenvalue weighted by Crippen LogP contribution is 2.28. The fraction of sp³-hybridized carbons (Fsp3) is 0.765. The van der Waals surface area contributed by atoms with Crippen LogP contribution in [0.25, 0.3) is 0 Å². The zero-order valence-electron chi connectivity index (χ0n) is 14.7. The van der Waals surface area contributed by atoms with E-state index >= 15 is 0 Å². The van der Waals surface area contributed by atoms with E-state index in [1.807, 2.05) is 9.80 Å². The summed E-state index contributed by atoms with van der Waals surface area (Å²) < 4.78 is 5.27. The van der Waals surface area contributed by atoms with E-state index < -0.39 is 0 Å². The molecule has 0 aliphatic carbocycles. The van der Waals surface area contributed by atoms with Crippen molar-refractivity contribution < 1.29 is 14.1 Å². The van der Waals surface area contributed by atoms with Gasteiger partial charge in [-0.1, -0.05) is 19.0 Å². The topological polar surface area (TPSA) is 79.5 Å². The molecule has 2 atom stereocenters. The number of amides is 2. The van der Waals surface area contributed by atoms with Crippen molar-refractivity contribution in [3.63, 3.8) is 0 Å². The Balaban J connectivity index is 1.61. The van der Waals surface area contributed by atoms with Crippen molar-refractivity contribution in [3.05, 3.63) is 11.7 Å². The van der Waals surface area contributed by atoms with Gasteiger partial charge in [-0.15, -0.1) is 0 Å². The first-order valence-electron chi connectivity index (χ1n) is 8.80. The Kier molecular flexibility index (Phi) is 4.87. The van der Waals surface area contributed by atoms with Gasteiger partial charge in [0.2, 0.25) is 17.7 Å². The number of hydrogen-bond acceptors (Lipinski definition) is 5. The van der Waals surface area contributed by atoms with E-state index in [2.05, 4.69) is 24.0 Å². The molecule has 2 aliphatic heterocycles. The van der Waals surface area contributed by atoms with Crippen LogP contribution in [0.4, 0.5) is 0 Å². The van der Waals surface area contributed by atoms with Gasteiger partial charge in [0.25, 0.3) is 0 Å². The number of likely N-dealkylation sites (tertiary alicyclic amines) is 2. The first kappa shape index (κ1) is 16.9. The molecule has 2 saturated heterocycles. The number of rotatable bonds is 4. The van der Waals surface area contributed by atoms with Gasteiger partial charge in [-0.3, -0.25) is 9.59 Å². The average Bonchev–Trinajstić information content (AvgIpc) is 3.13. The summed E-state index contributed by atoms with van der Waals surface area (Å²) in [6.07, 6.45) is 2.22. The van der Waals surface area contributed by atoms with E-state index in [9.17, 15) is 9.59 Å². The molecule has 2 fully saturated rings. The minimum Gasteiger partial charge on any atom is -0.342 e. The maximum Gasteiger partial charge on any atom is 0.231 e. The lowest BCUT2D eigenvalue weighted by molar-refractivity contribution is -0.137. The maximum atomic E-state index is 12.8. The average molecular weight is 334 g/mol. The molecule has 1 aromatic rings. The van der Waals surface area contributed by atoms with Crippen LogP contribution in [0.15, 0.2) is 4.52 Å². The Morgan fingerprint density at radius 2 is 2.17 bits per heavy atom. The van der Waals surface area contributed by atoms with Crippen LogP contribution in [0.3, 0.4) is 0 Å². The summed E-state index contributed by atoms with van der Waals surface area (Å²) in [4.78, 5) is 33.0. The summed E-state index contributed by atoms with van der Waals surface area (Å²) >= 11 is 0. The van der Waals surface area contributed by atoms with Crippen LogP contribution in [0.1, 0.15) is 50.7 Å². The molecule has 0 aromatic carbocycles. The SMILES string of the molecule is Cc1noc([C@@H]2CCCN(C(=O)[C@H]3CC(=O)N(CC(C)C)C3)C2)n1. The molecule has 7 nitrogen and oxygen atoms in total. The van der Waals surface area contributed by atoms with Gasteiger partial charge in [0.15, 0.2) is 5.82 Å². The molecule has 3 heterocycles. The molecule has 1 aromatic heterocycles. The zero-order chi connectivity index (χ0) is 17.3. The van der Waals surface area contributed by atoms with Crippen LogP contribution in [-0.2, 0) is 9.59 Å². The fourth-order valence-electron chi connectivity index (χ4n) is 3.67. The summed E-state index contributed by atoms with van der Waals surface area (Å²) in [6.45, 7) is 8.61. The second kappa shape index (κ2) is 6.91. The maximum absolute atomic E-state index is 12.8. The smallest absolute Gasteiger partial charge is 0.231 e. The highest BCUT2D eigenvalue weighted by molar-refractivity contribution is 5.89. The Hall–Kier alpha value is -1.92. The summed E-state index contributed by atoms with van der Waals surface area (Å²) in [5, 5.41) is 3.85. The molecule has 0 N–H and O–H groups in total. The first-order chi connectivity index (χ1) is 11.4. The predicted octanol–water partition coefficient (Wildman–Crippen LogP) is 1.59. The minimum atomic E-state index is -0.209. The number of carbonyl (C=O) groups is 2. The lowest BCUT2D eigenvalue weighted by Gasteiger charge is -2.32. The van der Waals surface area contributed by atoms with Gasteiger partial charge >= 0.3 is 0 Å². The van der Waals surface area contributed by atoms with Crippen LogP contribution >= 0.6 is 0 Å². The van der Waals surface area contributed by atoms with E-state index in [4.69, 9.17) is 4.52 Å². The Morgan fingerprint density at radius 3 is 2.83 bits per heavy atom.